The number of carbonyl (C=O) groups is 4. The van der Waals surface area contributed by atoms with Gasteiger partial charge >= 0.3 is 17.9 Å². The summed E-state index contributed by atoms with van der Waals surface area (Å²) in [6.07, 6.45) is 0.451. The fourth-order valence-corrected chi connectivity index (χ4v) is 5.38. The molecule has 0 aromatic heterocycles. The van der Waals surface area contributed by atoms with E-state index < -0.39 is 40.9 Å². The first-order valence-electron chi connectivity index (χ1n) is 12.1. The third-order valence-corrected chi connectivity index (χ3v) is 7.01. The van der Waals surface area contributed by atoms with Crippen LogP contribution >= 0.6 is 11.8 Å². The molecule has 0 unspecified atom stereocenters. The molecule has 1 saturated heterocycles. The molecule has 8 nitrogen and oxygen atoms in total. The second kappa shape index (κ2) is 11.3. The number of amides is 1. The van der Waals surface area contributed by atoms with Crippen molar-refractivity contribution in [2.24, 2.45) is 0 Å². The Bertz CT molecular complexity index is 1260. The zero-order chi connectivity index (χ0) is 27.4. The predicted octanol–water partition coefficient (Wildman–Crippen LogP) is 4.32. The number of hydrogen-bond acceptors (Lipinski definition) is 8. The van der Waals surface area contributed by atoms with Gasteiger partial charge in [-0.2, -0.15) is 0 Å². The highest BCUT2D eigenvalue weighted by Crippen LogP contribution is 2.44. The largest absolute Gasteiger partial charge is 0.461 e. The van der Waals surface area contributed by atoms with Crippen LogP contribution in [0.1, 0.15) is 44.9 Å². The third-order valence-electron chi connectivity index (χ3n) is 5.71. The number of nitrogens with zero attached hydrogens (tertiary/aromatic N) is 1. The van der Waals surface area contributed by atoms with Crippen LogP contribution in [-0.2, 0) is 33.4 Å². The normalized spacial score (nSPS) is 18.1. The van der Waals surface area contributed by atoms with Crippen molar-refractivity contribution in [3.8, 4) is 0 Å². The van der Waals surface area contributed by atoms with Crippen LogP contribution in [0.15, 0.2) is 83.6 Å². The summed E-state index contributed by atoms with van der Waals surface area (Å²) in [5.41, 5.74) is 1.53. The molecule has 1 atom stereocenters. The molecule has 198 valence electrons. The summed E-state index contributed by atoms with van der Waals surface area (Å²) in [4.78, 5) is 52.1. The first kappa shape index (κ1) is 27.2. The van der Waals surface area contributed by atoms with Gasteiger partial charge in [0.1, 0.15) is 23.3 Å². The first-order chi connectivity index (χ1) is 18.0. The molecule has 0 aliphatic carbocycles. The second-order valence-electron chi connectivity index (χ2n) is 9.81. The van der Waals surface area contributed by atoms with Crippen molar-refractivity contribution in [1.29, 1.82) is 0 Å². The van der Waals surface area contributed by atoms with Gasteiger partial charge in [0.25, 0.3) is 5.91 Å². The van der Waals surface area contributed by atoms with Crippen LogP contribution in [0.5, 0.6) is 0 Å². The Morgan fingerprint density at radius 3 is 2.13 bits per heavy atom. The second-order valence-corrected chi connectivity index (χ2v) is 10.9. The van der Waals surface area contributed by atoms with Gasteiger partial charge in [-0.1, -0.05) is 60.7 Å². The number of esters is 3. The Balaban J connectivity index is 1.66. The quantitative estimate of drug-likeness (QED) is 0.224. The number of benzene rings is 2. The van der Waals surface area contributed by atoms with Crippen molar-refractivity contribution >= 4 is 35.6 Å². The van der Waals surface area contributed by atoms with Gasteiger partial charge in [0.2, 0.25) is 0 Å². The predicted molar refractivity (Wildman–Crippen MR) is 141 cm³/mol. The molecular weight excluding hydrogens is 506 g/mol. The Hall–Kier alpha value is -3.85. The topological polar surface area (TPSA) is 99.2 Å². The number of rotatable bonds is 7. The van der Waals surface area contributed by atoms with Crippen molar-refractivity contribution in [1.82, 2.24) is 4.90 Å². The Labute approximate surface area is 225 Å². The van der Waals surface area contributed by atoms with E-state index in [0.717, 1.165) is 11.1 Å². The Morgan fingerprint density at radius 2 is 1.61 bits per heavy atom. The van der Waals surface area contributed by atoms with Crippen molar-refractivity contribution in [2.45, 2.75) is 44.8 Å². The summed E-state index contributed by atoms with van der Waals surface area (Å²) in [5, 5.41) is -0.564. The highest BCUT2D eigenvalue weighted by Gasteiger charge is 2.51. The molecule has 0 radical (unpaired) electrons. The van der Waals surface area contributed by atoms with Crippen LogP contribution in [-0.4, -0.2) is 52.0 Å². The number of carbonyl (C=O) groups excluding carboxylic acids is 4. The van der Waals surface area contributed by atoms with Crippen molar-refractivity contribution in [3.05, 3.63) is 94.7 Å². The molecule has 0 saturated carbocycles. The lowest BCUT2D eigenvalue weighted by Crippen LogP contribution is -2.57. The maximum atomic E-state index is 13.7. The smallest absolute Gasteiger partial charge is 0.356 e. The van der Waals surface area contributed by atoms with E-state index in [4.69, 9.17) is 14.2 Å². The minimum Gasteiger partial charge on any atom is -0.461 e. The molecule has 1 amide bonds. The fourth-order valence-electron chi connectivity index (χ4n) is 4.11. The molecule has 0 bridgehead atoms. The number of thioether (sulfide) groups is 1. The zero-order valence-corrected chi connectivity index (χ0v) is 22.4. The number of ether oxygens (including phenoxy) is 3. The summed E-state index contributed by atoms with van der Waals surface area (Å²) < 4.78 is 16.5. The standard InChI is InChI=1S/C29H29NO7S/c1-18(31)35-16-21-17-38-27-22(15-23(32)37-29(2,3)4)26(33)30(27)24(21)28(34)36-25(19-11-7-5-8-12-19)20-13-9-6-10-14-20/h5-15,25,27H,16-17H2,1-4H3/b22-15-/t27-/m1/s1. The molecular formula is C29H29NO7S. The average molecular weight is 536 g/mol. The molecule has 9 heteroatoms. The lowest BCUT2D eigenvalue weighted by Gasteiger charge is -2.46. The van der Waals surface area contributed by atoms with Crippen LogP contribution in [0.4, 0.5) is 0 Å². The van der Waals surface area contributed by atoms with Crippen LogP contribution in [0.25, 0.3) is 0 Å². The van der Waals surface area contributed by atoms with Crippen molar-refractivity contribution in [2.75, 3.05) is 12.4 Å². The highest BCUT2D eigenvalue weighted by molar-refractivity contribution is 8.00. The van der Waals surface area contributed by atoms with Gasteiger partial charge in [0.05, 0.1) is 5.57 Å². The van der Waals surface area contributed by atoms with E-state index in [0.29, 0.717) is 11.3 Å². The van der Waals surface area contributed by atoms with Crippen LogP contribution in [0, 0.1) is 0 Å². The highest BCUT2D eigenvalue weighted by atomic mass is 32.2. The first-order valence-corrected chi connectivity index (χ1v) is 13.2. The van der Waals surface area contributed by atoms with E-state index in [-0.39, 0.29) is 17.9 Å². The molecule has 1 fully saturated rings. The molecule has 2 aliphatic rings. The number of hydrogen-bond donors (Lipinski definition) is 0. The summed E-state index contributed by atoms with van der Waals surface area (Å²) in [6.45, 7) is 6.33. The summed E-state index contributed by atoms with van der Waals surface area (Å²) >= 11 is 1.35. The van der Waals surface area contributed by atoms with Crippen LogP contribution < -0.4 is 0 Å². The fraction of sp³-hybridized carbons (Fsp3) is 0.310. The van der Waals surface area contributed by atoms with Crippen LogP contribution in [0.3, 0.4) is 0 Å². The molecule has 4 rings (SSSR count). The minimum absolute atomic E-state index is 0.0261. The summed E-state index contributed by atoms with van der Waals surface area (Å²) in [6, 6.07) is 18.6. The molecule has 0 N–H and O–H groups in total. The van der Waals surface area contributed by atoms with Crippen molar-refractivity contribution in [3.63, 3.8) is 0 Å². The summed E-state index contributed by atoms with van der Waals surface area (Å²) in [7, 11) is 0. The average Bonchev–Trinajstić information content (AvgIpc) is 2.88. The van der Waals surface area contributed by atoms with Gasteiger partial charge in [0, 0.05) is 24.3 Å². The molecule has 2 aromatic rings. The monoisotopic (exact) mass is 535 g/mol. The number of fused-ring (bicyclic) bond motifs is 1. The molecule has 2 aromatic carbocycles. The molecule has 0 spiro atoms. The Kier molecular flexibility index (Phi) is 8.06. The lowest BCUT2D eigenvalue weighted by molar-refractivity contribution is -0.150. The summed E-state index contributed by atoms with van der Waals surface area (Å²) in [5.74, 6) is -2.06. The van der Waals surface area contributed by atoms with Crippen LogP contribution in [0.2, 0.25) is 0 Å². The minimum atomic E-state index is -0.728. The van der Waals surface area contributed by atoms with E-state index in [9.17, 15) is 19.2 Å². The third kappa shape index (κ3) is 6.16. The van der Waals surface area contributed by atoms with Gasteiger partial charge in [-0.15, -0.1) is 11.8 Å². The van der Waals surface area contributed by atoms with E-state index in [1.54, 1.807) is 20.8 Å². The van der Waals surface area contributed by atoms with Gasteiger partial charge in [-0.25, -0.2) is 9.59 Å². The lowest BCUT2D eigenvalue weighted by atomic mass is 10.00. The van der Waals surface area contributed by atoms with Gasteiger partial charge in [-0.05, 0) is 31.9 Å². The SMILES string of the molecule is CC(=O)OCC1=C(C(=O)OC(c2ccccc2)c2ccccc2)N2C(=O)/C(=C/C(=O)OC(C)(C)C)[C@H]2SC1. The van der Waals surface area contributed by atoms with E-state index in [1.807, 2.05) is 60.7 Å². The van der Waals surface area contributed by atoms with E-state index in [1.165, 1.54) is 29.7 Å². The molecule has 38 heavy (non-hydrogen) atoms. The van der Waals surface area contributed by atoms with Gasteiger partial charge < -0.3 is 14.2 Å². The van der Waals surface area contributed by atoms with E-state index in [2.05, 4.69) is 0 Å². The molecule has 2 heterocycles. The van der Waals surface area contributed by atoms with Gasteiger partial charge in [0.15, 0.2) is 6.10 Å². The zero-order valence-electron chi connectivity index (χ0n) is 21.6. The molecule has 2 aliphatic heterocycles. The van der Waals surface area contributed by atoms with E-state index >= 15 is 0 Å². The number of β-lactam (4-membered cyclic amide) rings is 1. The Morgan fingerprint density at radius 1 is 1.03 bits per heavy atom. The maximum absolute atomic E-state index is 13.7. The van der Waals surface area contributed by atoms with Crippen molar-refractivity contribution < 1.29 is 33.4 Å². The van der Waals surface area contributed by atoms with Gasteiger partial charge in [-0.3, -0.25) is 14.5 Å². The maximum Gasteiger partial charge on any atom is 0.356 e.